The van der Waals surface area contributed by atoms with Crippen LogP contribution in [0.3, 0.4) is 0 Å². The summed E-state index contributed by atoms with van der Waals surface area (Å²) in [6, 6.07) is 1.000. The first-order valence-electron chi connectivity index (χ1n) is 15.5. The molecule has 6 amide bonds. The second-order valence-electron chi connectivity index (χ2n) is 11.5. The summed E-state index contributed by atoms with van der Waals surface area (Å²) in [5.74, 6) is 1.53. The van der Waals surface area contributed by atoms with Crippen LogP contribution in [0, 0.1) is 0 Å². The number of urea groups is 2. The second-order valence-corrected chi connectivity index (χ2v) is 14.0. The largest absolute Gasteiger partial charge is 0.463 e. The zero-order valence-electron chi connectivity index (χ0n) is 25.6. The summed E-state index contributed by atoms with van der Waals surface area (Å²) in [5, 5.41) is 18.4. The van der Waals surface area contributed by atoms with Gasteiger partial charge in [-0.05, 0) is 39.0 Å². The lowest BCUT2D eigenvalue weighted by Gasteiger charge is -2.16. The van der Waals surface area contributed by atoms with Crippen LogP contribution in [0.4, 0.5) is 9.59 Å². The number of ether oxygens (including phenoxy) is 1. The van der Waals surface area contributed by atoms with E-state index in [4.69, 9.17) is 4.74 Å². The molecule has 12 nitrogen and oxygen atoms in total. The van der Waals surface area contributed by atoms with Crippen LogP contribution in [0.2, 0.25) is 0 Å². The fourth-order valence-corrected chi connectivity index (χ4v) is 8.62. The zero-order valence-corrected chi connectivity index (χ0v) is 27.3. The van der Waals surface area contributed by atoms with Crippen molar-refractivity contribution in [3.63, 3.8) is 0 Å². The number of fused-ring (bicyclic) bond motifs is 2. The van der Waals surface area contributed by atoms with E-state index in [0.717, 1.165) is 56.5 Å². The third kappa shape index (κ3) is 11.9. The molecule has 0 radical (unpaired) electrons. The summed E-state index contributed by atoms with van der Waals surface area (Å²) in [6.45, 7) is 10.1. The number of carbonyl (C=O) groups is 5. The van der Waals surface area contributed by atoms with Gasteiger partial charge in [-0.1, -0.05) is 32.4 Å². The third-order valence-electron chi connectivity index (χ3n) is 7.91. The molecule has 0 bridgehead atoms. The van der Waals surface area contributed by atoms with Crippen LogP contribution in [0.1, 0.15) is 64.7 Å². The van der Waals surface area contributed by atoms with E-state index in [1.165, 1.54) is 6.08 Å². The Morgan fingerprint density at radius 2 is 1.41 bits per heavy atom. The van der Waals surface area contributed by atoms with Gasteiger partial charge in [0.25, 0.3) is 0 Å². The Hall–Kier alpha value is -2.87. The molecular formula is C30H48N6O6S2. The van der Waals surface area contributed by atoms with Crippen molar-refractivity contribution >= 4 is 53.4 Å². The Bertz CT molecular complexity index is 1050. The molecule has 0 aromatic rings. The van der Waals surface area contributed by atoms with E-state index in [9.17, 15) is 24.0 Å². The molecule has 0 aliphatic carbocycles. The maximum absolute atomic E-state index is 11.8. The molecule has 4 aliphatic heterocycles. The highest BCUT2D eigenvalue weighted by Gasteiger charge is 2.43. The lowest BCUT2D eigenvalue weighted by Crippen LogP contribution is -2.36. The highest BCUT2D eigenvalue weighted by atomic mass is 32.2. The first-order valence-corrected chi connectivity index (χ1v) is 17.6. The minimum Gasteiger partial charge on any atom is -0.463 e. The van der Waals surface area contributed by atoms with E-state index in [2.05, 4.69) is 45.1 Å². The summed E-state index contributed by atoms with van der Waals surface area (Å²) >= 11 is 3.83. The number of unbranched alkanes of at least 4 members (excludes halogenated alkanes) is 3. The topological polar surface area (TPSA) is 167 Å². The summed E-state index contributed by atoms with van der Waals surface area (Å²) in [6.07, 6.45) is 9.40. The molecule has 0 unspecified atom stereocenters. The zero-order chi connectivity index (χ0) is 31.9. The summed E-state index contributed by atoms with van der Waals surface area (Å²) < 4.78 is 4.92. The monoisotopic (exact) mass is 652 g/mol. The van der Waals surface area contributed by atoms with Crippen LogP contribution in [0.5, 0.6) is 0 Å². The number of hydrogen-bond acceptors (Lipinski definition) is 8. The Morgan fingerprint density at radius 1 is 0.841 bits per heavy atom. The number of rotatable bonds is 17. The van der Waals surface area contributed by atoms with Crippen molar-refractivity contribution in [2.75, 3.05) is 31.2 Å². The Balaban J connectivity index is 0.000000249. The van der Waals surface area contributed by atoms with Gasteiger partial charge in [0.15, 0.2) is 0 Å². The van der Waals surface area contributed by atoms with Gasteiger partial charge in [0.05, 0.1) is 30.8 Å². The number of amides is 6. The van der Waals surface area contributed by atoms with Gasteiger partial charge in [0.1, 0.15) is 0 Å². The van der Waals surface area contributed by atoms with E-state index in [0.29, 0.717) is 54.7 Å². The predicted molar refractivity (Wildman–Crippen MR) is 175 cm³/mol. The molecule has 6 atom stereocenters. The van der Waals surface area contributed by atoms with E-state index in [-0.39, 0.29) is 48.0 Å². The van der Waals surface area contributed by atoms with Gasteiger partial charge in [0.2, 0.25) is 11.8 Å². The van der Waals surface area contributed by atoms with Crippen molar-refractivity contribution in [3.8, 4) is 0 Å². The second kappa shape index (κ2) is 18.8. The molecule has 44 heavy (non-hydrogen) atoms. The van der Waals surface area contributed by atoms with Gasteiger partial charge in [-0.25, -0.2) is 14.4 Å². The fraction of sp³-hybridized carbons (Fsp3) is 0.700. The SMILES string of the molecule is C=C(C)C(=O)NCCCNC(=O)CCCC[C@@H]1SC[C@@H]2NC(=O)N[C@@H]21.C=CC(=O)OCCCCC[C@@H]1SC[C@@H]2NC(=O)N[C@@H]21. The first kappa shape index (κ1) is 35.6. The average molecular weight is 653 g/mol. The van der Waals surface area contributed by atoms with Crippen LogP contribution in [-0.2, 0) is 19.1 Å². The molecule has 0 spiro atoms. The molecule has 0 aromatic carbocycles. The lowest BCUT2D eigenvalue weighted by atomic mass is 10.0. The first-order chi connectivity index (χ1) is 21.2. The minimum absolute atomic E-state index is 0.0309. The molecule has 4 fully saturated rings. The van der Waals surface area contributed by atoms with E-state index in [1.54, 1.807) is 6.92 Å². The van der Waals surface area contributed by atoms with Gasteiger partial charge in [-0.2, -0.15) is 23.5 Å². The molecule has 246 valence electrons. The minimum atomic E-state index is -0.353. The highest BCUT2D eigenvalue weighted by molar-refractivity contribution is 8.00. The van der Waals surface area contributed by atoms with Crippen LogP contribution in [0.15, 0.2) is 24.8 Å². The maximum atomic E-state index is 11.8. The van der Waals surface area contributed by atoms with Gasteiger partial charge in [-0.3, -0.25) is 9.59 Å². The Labute approximate surface area is 268 Å². The van der Waals surface area contributed by atoms with Crippen molar-refractivity contribution in [2.24, 2.45) is 0 Å². The van der Waals surface area contributed by atoms with Crippen molar-refractivity contribution in [2.45, 2.75) is 99.4 Å². The summed E-state index contributed by atoms with van der Waals surface area (Å²) in [4.78, 5) is 56.4. The fourth-order valence-electron chi connectivity index (χ4n) is 5.53. The lowest BCUT2D eigenvalue weighted by molar-refractivity contribution is -0.137. The molecule has 4 aliphatic rings. The number of esters is 1. The molecular weight excluding hydrogens is 605 g/mol. The molecule has 4 saturated heterocycles. The molecule has 4 rings (SSSR count). The number of nitrogens with one attached hydrogen (secondary N) is 6. The maximum Gasteiger partial charge on any atom is 0.330 e. The molecule has 0 saturated carbocycles. The standard InChI is InChI=1S/C17H28N4O3S.C13H20N2O3S/c1-11(2)16(23)19-9-5-8-18-14(22)7-4-3-6-13-15-12(10-25-13)20-17(24)21-15;1-2-11(16)18-7-5-3-4-6-10-12-9(8-19-10)14-13(17)15-12/h12-13,15H,1,3-10H2,2H3,(H,18,22)(H,19,23)(H2,20,21,24);2,9-10,12H,1,3-8H2,(H2,14,15,17)/t12-,13-,15-;9-,10-,12-/m00/s1. The van der Waals surface area contributed by atoms with Gasteiger partial charge < -0.3 is 36.6 Å². The van der Waals surface area contributed by atoms with Crippen molar-refractivity contribution in [1.29, 1.82) is 0 Å². The van der Waals surface area contributed by atoms with E-state index >= 15 is 0 Å². The summed E-state index contributed by atoms with van der Waals surface area (Å²) in [5.41, 5.74) is 0.490. The molecule has 4 heterocycles. The van der Waals surface area contributed by atoms with E-state index < -0.39 is 0 Å². The Kier molecular flexibility index (Phi) is 15.2. The Morgan fingerprint density at radius 3 is 1.98 bits per heavy atom. The highest BCUT2D eigenvalue weighted by Crippen LogP contribution is 2.34. The molecule has 0 aromatic heterocycles. The number of carbonyl (C=O) groups excluding carboxylic acids is 5. The van der Waals surface area contributed by atoms with Crippen LogP contribution < -0.4 is 31.9 Å². The van der Waals surface area contributed by atoms with Crippen LogP contribution in [0.25, 0.3) is 0 Å². The number of thioether (sulfide) groups is 2. The predicted octanol–water partition coefficient (Wildman–Crippen LogP) is 2.35. The number of hydrogen-bond donors (Lipinski definition) is 6. The molecule has 14 heteroatoms. The smallest absolute Gasteiger partial charge is 0.330 e. The molecule has 6 N–H and O–H groups in total. The average Bonchev–Trinajstić information content (AvgIpc) is 3.75. The normalized spacial score (nSPS) is 26.0. The van der Waals surface area contributed by atoms with Crippen molar-refractivity contribution in [1.82, 2.24) is 31.9 Å². The van der Waals surface area contributed by atoms with Crippen molar-refractivity contribution < 1.29 is 28.7 Å². The van der Waals surface area contributed by atoms with Crippen LogP contribution >= 0.6 is 23.5 Å². The van der Waals surface area contributed by atoms with E-state index in [1.807, 2.05) is 23.5 Å². The van der Waals surface area contributed by atoms with Crippen molar-refractivity contribution in [3.05, 3.63) is 24.8 Å². The van der Waals surface area contributed by atoms with Gasteiger partial charge in [0, 0.05) is 53.2 Å². The summed E-state index contributed by atoms with van der Waals surface area (Å²) in [7, 11) is 0. The van der Waals surface area contributed by atoms with Crippen LogP contribution in [-0.4, -0.2) is 95.7 Å². The quantitative estimate of drug-likeness (QED) is 0.0603. The third-order valence-corrected chi connectivity index (χ3v) is 10.9. The van der Waals surface area contributed by atoms with Gasteiger partial charge >= 0.3 is 18.0 Å². The van der Waals surface area contributed by atoms with Gasteiger partial charge in [-0.15, -0.1) is 0 Å².